The van der Waals surface area contributed by atoms with Gasteiger partial charge in [-0.25, -0.2) is 4.98 Å². The van der Waals surface area contributed by atoms with Gasteiger partial charge in [-0.1, -0.05) is 0 Å². The summed E-state index contributed by atoms with van der Waals surface area (Å²) in [5.74, 6) is -6.90. The first-order chi connectivity index (χ1) is 34.9. The van der Waals surface area contributed by atoms with Crippen LogP contribution in [-0.2, 0) is 54.4 Å². The Balaban J connectivity index is 1.08. The van der Waals surface area contributed by atoms with Crippen molar-refractivity contribution in [2.75, 3.05) is 45.9 Å². The molecule has 1 aromatic heterocycles. The molecule has 27 heteroatoms. The van der Waals surface area contributed by atoms with Crippen LogP contribution >= 0.6 is 0 Å². The third-order valence-corrected chi connectivity index (χ3v) is 14.1. The van der Waals surface area contributed by atoms with Crippen molar-refractivity contribution in [1.29, 1.82) is 0 Å². The van der Waals surface area contributed by atoms with Crippen molar-refractivity contribution < 1.29 is 58.2 Å². The molecule has 0 aromatic carbocycles. The van der Waals surface area contributed by atoms with Gasteiger partial charge >= 0.3 is 5.97 Å². The molecule has 13 N–H and O–H groups in total. The van der Waals surface area contributed by atoms with E-state index in [1.165, 1.54) is 36.2 Å². The van der Waals surface area contributed by atoms with Gasteiger partial charge in [0, 0.05) is 51.0 Å². The van der Waals surface area contributed by atoms with Crippen molar-refractivity contribution in [2.24, 2.45) is 16.5 Å². The number of carboxylic acid groups (broad SMARTS) is 1. The molecule has 10 atom stereocenters. The zero-order valence-corrected chi connectivity index (χ0v) is 41.4. The van der Waals surface area contributed by atoms with Gasteiger partial charge in [0.05, 0.1) is 19.0 Å². The fourth-order valence-corrected chi connectivity index (χ4v) is 10.2. The summed E-state index contributed by atoms with van der Waals surface area (Å²) in [6.07, 6.45) is 8.07. The second-order valence-electron chi connectivity index (χ2n) is 19.3. The average Bonchev–Trinajstić information content (AvgIpc) is 4.23. The number of rotatable bonds is 22. The Morgan fingerprint density at radius 3 is 1.67 bits per heavy atom. The number of aliphatic imine (C=N–C) groups is 1. The van der Waals surface area contributed by atoms with E-state index in [1.54, 1.807) is 9.80 Å². The Bertz CT molecular complexity index is 2220. The number of likely N-dealkylation sites (tertiary alicyclic amines) is 4. The second kappa shape index (κ2) is 25.7. The van der Waals surface area contributed by atoms with Gasteiger partial charge < -0.3 is 78.2 Å². The van der Waals surface area contributed by atoms with Crippen LogP contribution in [0.2, 0.25) is 0 Å². The number of aliphatic carboxylic acids is 1. The number of nitrogens with two attached hydrogens (primary N) is 2. The summed E-state index contributed by atoms with van der Waals surface area (Å²) in [5, 5.41) is 34.7. The third-order valence-electron chi connectivity index (χ3n) is 14.1. The number of aliphatic hydroxyl groups excluding tert-OH is 1. The van der Waals surface area contributed by atoms with Crippen molar-refractivity contribution in [3.63, 3.8) is 0 Å². The van der Waals surface area contributed by atoms with E-state index in [0.29, 0.717) is 76.7 Å². The largest absolute Gasteiger partial charge is 0.480 e. The van der Waals surface area contributed by atoms with Gasteiger partial charge in [0.15, 0.2) is 5.96 Å². The molecule has 0 aliphatic carbocycles. The molecule has 5 aliphatic heterocycles. The maximum atomic E-state index is 14.4. The van der Waals surface area contributed by atoms with Gasteiger partial charge in [-0.2, -0.15) is 0 Å². The maximum Gasteiger partial charge on any atom is 0.325 e. The van der Waals surface area contributed by atoms with Crippen molar-refractivity contribution in [2.45, 2.75) is 158 Å². The van der Waals surface area contributed by atoms with Crippen LogP contribution in [0.3, 0.4) is 0 Å². The first kappa shape index (κ1) is 55.4. The van der Waals surface area contributed by atoms with E-state index in [9.17, 15) is 58.2 Å². The predicted molar refractivity (Wildman–Crippen MR) is 258 cm³/mol. The lowest BCUT2D eigenvalue weighted by Crippen LogP contribution is -2.60. The molecule has 0 spiro atoms. The van der Waals surface area contributed by atoms with Crippen molar-refractivity contribution in [3.05, 3.63) is 18.2 Å². The third kappa shape index (κ3) is 14.0. The van der Waals surface area contributed by atoms with E-state index in [4.69, 9.17) is 11.5 Å². The van der Waals surface area contributed by atoms with Crippen molar-refractivity contribution in [1.82, 2.24) is 61.5 Å². The average molecular weight is 1030 g/mol. The van der Waals surface area contributed by atoms with E-state index in [0.717, 1.165) is 13.0 Å². The standard InChI is InChI=1S/C46H71N15O12/c1-25(36(63)55-28(9-3-16-51-46(47)48)37(64)56-30(21-27-22-49-24-52-27)38(65)57-31(23-62)39(66)54-26(2)45(72)73)53-40(67)32-11-5-17-58(32)42(69)34-13-7-19-60(34)44(71)35-14-8-20-61(35)43(70)33-12-6-18-59(33)41(68)29-10-4-15-50-29/h22,24-26,28-35,50,62H,3-21,23H2,1-2H3,(H,49,52)(H,53,67)(H,54,66)(H,55,63)(H,56,64)(H,57,65)(H,72,73)(H4,47,48,51)/t25-,26-,28-,29-,30-,31-,32-,33-,34-,35-/m0/s1. The molecule has 0 saturated carbocycles. The molecule has 0 bridgehead atoms. The van der Waals surface area contributed by atoms with Crippen molar-refractivity contribution >= 4 is 65.1 Å². The van der Waals surface area contributed by atoms with E-state index >= 15 is 0 Å². The number of aliphatic hydroxyl groups is 1. The van der Waals surface area contributed by atoms with E-state index in [1.807, 2.05) is 0 Å². The van der Waals surface area contributed by atoms with E-state index < -0.39 is 102 Å². The minimum atomic E-state index is -1.60. The minimum Gasteiger partial charge on any atom is -0.480 e. The van der Waals surface area contributed by atoms with Crippen LogP contribution in [0, 0.1) is 0 Å². The lowest BCUT2D eigenvalue weighted by atomic mass is 10.1. The highest BCUT2D eigenvalue weighted by molar-refractivity contribution is 5.99. The number of carbonyl (C=O) groups excluding carboxylic acids is 9. The molecule has 27 nitrogen and oxygen atoms in total. The molecule has 9 amide bonds. The van der Waals surface area contributed by atoms with Crippen LogP contribution in [0.15, 0.2) is 17.5 Å². The molecule has 5 aliphatic rings. The number of hydrogen-bond acceptors (Lipinski definition) is 14. The minimum absolute atomic E-state index is 0.0564. The molecular formula is C46H71N15O12. The fourth-order valence-electron chi connectivity index (χ4n) is 10.2. The highest BCUT2D eigenvalue weighted by atomic mass is 16.4. The number of nitrogens with zero attached hydrogens (tertiary/aromatic N) is 6. The molecular weight excluding hydrogens is 955 g/mol. The number of hydrogen-bond donors (Lipinski definition) is 11. The quantitative estimate of drug-likeness (QED) is 0.0295. The SMILES string of the molecule is C[C@H](NC(=O)[C@H](CO)NC(=O)[C@H](Cc1cnc[nH]1)NC(=O)[C@H](CCCN=C(N)N)NC(=O)[C@H](C)NC(=O)[C@@H]1CCCN1C(=O)[C@@H]1CCCN1C(=O)[C@@H]1CCCN1C(=O)[C@@H]1CCCN1C(=O)[C@@H]1CCCN1)C(=O)O. The lowest BCUT2D eigenvalue weighted by Gasteiger charge is -2.36. The van der Waals surface area contributed by atoms with Crippen LogP contribution in [0.5, 0.6) is 0 Å². The van der Waals surface area contributed by atoms with Crippen LogP contribution in [0.1, 0.15) is 96.6 Å². The number of guanidine groups is 1. The zero-order chi connectivity index (χ0) is 52.9. The van der Waals surface area contributed by atoms with Gasteiger partial charge in [0.25, 0.3) is 0 Å². The molecule has 402 valence electrons. The Morgan fingerprint density at radius 1 is 0.658 bits per heavy atom. The van der Waals surface area contributed by atoms with Gasteiger partial charge in [0.1, 0.15) is 54.4 Å². The molecule has 6 rings (SSSR count). The number of imidazole rings is 1. The smallest absolute Gasteiger partial charge is 0.325 e. The molecule has 1 aromatic rings. The molecule has 5 fully saturated rings. The van der Waals surface area contributed by atoms with Crippen molar-refractivity contribution in [3.8, 4) is 0 Å². The van der Waals surface area contributed by atoms with E-state index in [2.05, 4.69) is 46.9 Å². The number of carboxylic acids is 1. The number of carbonyl (C=O) groups is 10. The first-order valence-corrected chi connectivity index (χ1v) is 25.2. The number of aromatic nitrogens is 2. The number of H-pyrrole nitrogens is 1. The Labute approximate surface area is 422 Å². The summed E-state index contributed by atoms with van der Waals surface area (Å²) >= 11 is 0. The monoisotopic (exact) mass is 1030 g/mol. The summed E-state index contributed by atoms with van der Waals surface area (Å²) in [4.78, 5) is 152. The second-order valence-corrected chi connectivity index (χ2v) is 19.3. The fraction of sp³-hybridized carbons (Fsp3) is 0.696. The van der Waals surface area contributed by atoms with Crippen LogP contribution in [-0.4, -0.2) is 211 Å². The highest BCUT2D eigenvalue weighted by Gasteiger charge is 2.48. The Kier molecular flexibility index (Phi) is 19.5. The summed E-state index contributed by atoms with van der Waals surface area (Å²) < 4.78 is 0. The summed E-state index contributed by atoms with van der Waals surface area (Å²) in [6.45, 7) is 3.82. The Morgan fingerprint density at radius 2 is 1.16 bits per heavy atom. The van der Waals surface area contributed by atoms with Gasteiger partial charge in [0.2, 0.25) is 53.2 Å². The topological polar surface area (TPSA) is 389 Å². The zero-order valence-electron chi connectivity index (χ0n) is 41.4. The van der Waals surface area contributed by atoms with E-state index in [-0.39, 0.29) is 68.5 Å². The maximum absolute atomic E-state index is 14.4. The van der Waals surface area contributed by atoms with Gasteiger partial charge in [-0.3, -0.25) is 52.9 Å². The van der Waals surface area contributed by atoms with Crippen LogP contribution < -0.4 is 43.4 Å². The predicted octanol–water partition coefficient (Wildman–Crippen LogP) is -4.74. The molecule has 6 heterocycles. The van der Waals surface area contributed by atoms with Crippen LogP contribution in [0.4, 0.5) is 0 Å². The normalized spacial score (nSPS) is 23.7. The summed E-state index contributed by atoms with van der Waals surface area (Å²) in [7, 11) is 0. The summed E-state index contributed by atoms with van der Waals surface area (Å²) in [6, 6.07) is -10.6. The molecule has 5 saturated heterocycles. The molecule has 0 radical (unpaired) electrons. The van der Waals surface area contributed by atoms with Gasteiger partial charge in [-0.05, 0) is 97.4 Å². The Hall–Kier alpha value is -6.90. The highest BCUT2D eigenvalue weighted by Crippen LogP contribution is 2.31. The van der Waals surface area contributed by atoms with Crippen LogP contribution in [0.25, 0.3) is 0 Å². The van der Waals surface area contributed by atoms with Gasteiger partial charge in [-0.15, -0.1) is 0 Å². The number of aromatic amines is 1. The lowest BCUT2D eigenvalue weighted by molar-refractivity contribution is -0.152. The molecule has 73 heavy (non-hydrogen) atoms. The molecule has 0 unspecified atom stereocenters. The number of amides is 9. The summed E-state index contributed by atoms with van der Waals surface area (Å²) in [5.41, 5.74) is 11.3. The number of nitrogens with one attached hydrogen (secondary N) is 7. The first-order valence-electron chi connectivity index (χ1n) is 25.2.